The van der Waals surface area contributed by atoms with Crippen LogP contribution in [-0.4, -0.2) is 28.7 Å². The van der Waals surface area contributed by atoms with Crippen molar-refractivity contribution in [2.75, 3.05) is 23.1 Å². The molecule has 0 bridgehead atoms. The third-order valence-electron chi connectivity index (χ3n) is 5.47. The van der Waals surface area contributed by atoms with Gasteiger partial charge in [0, 0.05) is 22.9 Å². The van der Waals surface area contributed by atoms with Crippen LogP contribution in [0.2, 0.25) is 5.02 Å². The summed E-state index contributed by atoms with van der Waals surface area (Å²) in [6.45, 7) is 5.14. The average Bonchev–Trinajstić information content (AvgIpc) is 3.14. The molecule has 1 aliphatic rings. The standard InChI is InChI=1S/C25H27ClN4O2S/c1-4-11-33-25-28-23(27-14-17-5-8-19(32-3)9-6-17)20-13-22(31)30(24(20)29-25)15-18-7-10-21(26)16(2)12-18/h5-10,12H,4,11,13-15H2,1-3H3,(H,27,28,29). The topological polar surface area (TPSA) is 67.4 Å². The summed E-state index contributed by atoms with van der Waals surface area (Å²) >= 11 is 7.79. The highest BCUT2D eigenvalue weighted by Gasteiger charge is 2.32. The summed E-state index contributed by atoms with van der Waals surface area (Å²) in [6.07, 6.45) is 1.30. The van der Waals surface area contributed by atoms with E-state index in [1.807, 2.05) is 49.4 Å². The quantitative estimate of drug-likeness (QED) is 0.314. The predicted octanol–water partition coefficient (Wildman–Crippen LogP) is 5.65. The summed E-state index contributed by atoms with van der Waals surface area (Å²) in [5.41, 5.74) is 3.96. The number of nitrogens with one attached hydrogen (secondary N) is 1. The predicted molar refractivity (Wildman–Crippen MR) is 134 cm³/mol. The lowest BCUT2D eigenvalue weighted by Gasteiger charge is -2.18. The molecule has 8 heteroatoms. The molecule has 33 heavy (non-hydrogen) atoms. The van der Waals surface area contributed by atoms with E-state index in [0.717, 1.165) is 51.0 Å². The Hall–Kier alpha value is -2.77. The number of rotatable bonds is 9. The second kappa shape index (κ2) is 10.4. The third kappa shape index (κ3) is 5.42. The molecule has 0 spiro atoms. The molecule has 0 radical (unpaired) electrons. The maximum absolute atomic E-state index is 13.0. The molecule has 1 aliphatic heterocycles. The number of methoxy groups -OCH3 is 1. The number of nitrogens with zero attached hydrogens (tertiary/aromatic N) is 3. The lowest BCUT2D eigenvalue weighted by Crippen LogP contribution is -2.26. The first-order chi connectivity index (χ1) is 16.0. The molecule has 0 atom stereocenters. The number of halogens is 1. The highest BCUT2D eigenvalue weighted by atomic mass is 35.5. The molecule has 0 saturated heterocycles. The molecule has 1 N–H and O–H groups in total. The monoisotopic (exact) mass is 482 g/mol. The number of benzene rings is 2. The fourth-order valence-corrected chi connectivity index (χ4v) is 4.50. The lowest BCUT2D eigenvalue weighted by molar-refractivity contribution is -0.117. The van der Waals surface area contributed by atoms with Crippen LogP contribution in [0.25, 0.3) is 0 Å². The van der Waals surface area contributed by atoms with Gasteiger partial charge in [-0.15, -0.1) is 0 Å². The van der Waals surface area contributed by atoms with Crippen LogP contribution in [0.1, 0.15) is 35.6 Å². The number of carbonyl (C=O) groups excluding carboxylic acids is 1. The van der Waals surface area contributed by atoms with Gasteiger partial charge in [-0.25, -0.2) is 9.97 Å². The average molecular weight is 483 g/mol. The molecule has 6 nitrogen and oxygen atoms in total. The molecule has 2 heterocycles. The Balaban J connectivity index is 1.62. The van der Waals surface area contributed by atoms with Gasteiger partial charge >= 0.3 is 0 Å². The van der Waals surface area contributed by atoms with Gasteiger partial charge in [0.15, 0.2) is 5.16 Å². The van der Waals surface area contributed by atoms with E-state index in [0.29, 0.717) is 24.1 Å². The van der Waals surface area contributed by atoms with Gasteiger partial charge in [-0.1, -0.05) is 54.6 Å². The van der Waals surface area contributed by atoms with Crippen molar-refractivity contribution in [1.29, 1.82) is 0 Å². The van der Waals surface area contributed by atoms with Gasteiger partial charge in [-0.05, 0) is 48.2 Å². The van der Waals surface area contributed by atoms with Gasteiger partial charge in [0.2, 0.25) is 5.91 Å². The molecule has 1 amide bonds. The van der Waals surface area contributed by atoms with Crippen molar-refractivity contribution in [2.45, 2.75) is 44.9 Å². The highest BCUT2D eigenvalue weighted by Crippen LogP contribution is 2.35. The first kappa shape index (κ1) is 23.4. The van der Waals surface area contributed by atoms with Crippen molar-refractivity contribution < 1.29 is 9.53 Å². The van der Waals surface area contributed by atoms with E-state index in [1.165, 1.54) is 0 Å². The number of carbonyl (C=O) groups is 1. The summed E-state index contributed by atoms with van der Waals surface area (Å²) in [6, 6.07) is 13.7. The zero-order valence-electron chi connectivity index (χ0n) is 19.0. The van der Waals surface area contributed by atoms with Crippen LogP contribution >= 0.6 is 23.4 Å². The highest BCUT2D eigenvalue weighted by molar-refractivity contribution is 7.99. The molecule has 4 rings (SSSR count). The normalized spacial score (nSPS) is 12.7. The van der Waals surface area contributed by atoms with Gasteiger partial charge in [-0.3, -0.25) is 9.69 Å². The van der Waals surface area contributed by atoms with Crippen molar-refractivity contribution >= 4 is 40.9 Å². The molecule has 172 valence electrons. The molecule has 2 aromatic carbocycles. The smallest absolute Gasteiger partial charge is 0.233 e. The summed E-state index contributed by atoms with van der Waals surface area (Å²) in [5.74, 6) is 3.17. The van der Waals surface area contributed by atoms with Gasteiger partial charge in [0.05, 0.1) is 20.1 Å². The van der Waals surface area contributed by atoms with Crippen LogP contribution in [0.15, 0.2) is 47.6 Å². The second-order valence-electron chi connectivity index (χ2n) is 7.95. The summed E-state index contributed by atoms with van der Waals surface area (Å²) in [5, 5.41) is 4.84. The number of aromatic nitrogens is 2. The molecule has 0 fully saturated rings. The largest absolute Gasteiger partial charge is 0.497 e. The van der Waals surface area contributed by atoms with Crippen LogP contribution in [0.4, 0.5) is 11.6 Å². The van der Waals surface area contributed by atoms with E-state index >= 15 is 0 Å². The van der Waals surface area contributed by atoms with Crippen molar-refractivity contribution in [2.24, 2.45) is 0 Å². The Kier molecular flexibility index (Phi) is 7.40. The van der Waals surface area contributed by atoms with Crippen molar-refractivity contribution in [3.8, 4) is 5.75 Å². The molecule has 0 saturated carbocycles. The Bertz CT molecular complexity index is 1150. The summed E-state index contributed by atoms with van der Waals surface area (Å²) in [4.78, 5) is 24.3. The Morgan fingerprint density at radius 2 is 1.91 bits per heavy atom. The number of ether oxygens (including phenoxy) is 1. The Morgan fingerprint density at radius 1 is 1.15 bits per heavy atom. The third-order valence-corrected chi connectivity index (χ3v) is 6.94. The fourth-order valence-electron chi connectivity index (χ4n) is 3.69. The maximum atomic E-state index is 13.0. The molecule has 0 unspecified atom stereocenters. The summed E-state index contributed by atoms with van der Waals surface area (Å²) < 4.78 is 5.24. The van der Waals surface area contributed by atoms with Gasteiger partial charge in [0.25, 0.3) is 0 Å². The molecule has 1 aromatic heterocycles. The lowest BCUT2D eigenvalue weighted by atomic mass is 10.1. The van der Waals surface area contributed by atoms with Crippen molar-refractivity contribution in [3.05, 3.63) is 69.7 Å². The SMILES string of the molecule is CCCSc1nc(NCc2ccc(OC)cc2)c2c(n1)N(Cc1ccc(Cl)c(C)c1)C(=O)C2. The number of hydrogen-bond acceptors (Lipinski definition) is 6. The van der Waals surface area contributed by atoms with E-state index in [2.05, 4.69) is 12.2 Å². The fraction of sp³-hybridized carbons (Fsp3) is 0.320. The molecular weight excluding hydrogens is 456 g/mol. The van der Waals surface area contributed by atoms with Crippen LogP contribution in [0.5, 0.6) is 5.75 Å². The molecular formula is C25H27ClN4O2S. The number of fused-ring (bicyclic) bond motifs is 1. The van der Waals surface area contributed by atoms with Gasteiger partial charge < -0.3 is 10.1 Å². The zero-order valence-corrected chi connectivity index (χ0v) is 20.6. The van der Waals surface area contributed by atoms with E-state index in [4.69, 9.17) is 26.3 Å². The van der Waals surface area contributed by atoms with Crippen molar-refractivity contribution in [1.82, 2.24) is 9.97 Å². The Labute approximate surface area is 203 Å². The van der Waals surface area contributed by atoms with E-state index in [1.54, 1.807) is 23.8 Å². The number of anilines is 2. The second-order valence-corrected chi connectivity index (χ2v) is 9.42. The maximum Gasteiger partial charge on any atom is 0.233 e. The number of amides is 1. The minimum absolute atomic E-state index is 0.0250. The van der Waals surface area contributed by atoms with Crippen LogP contribution in [-0.2, 0) is 24.3 Å². The van der Waals surface area contributed by atoms with Crippen molar-refractivity contribution in [3.63, 3.8) is 0 Å². The number of aryl methyl sites for hydroxylation is 1. The van der Waals surface area contributed by atoms with Gasteiger partial charge in [-0.2, -0.15) is 0 Å². The minimum atomic E-state index is 0.0250. The number of thioether (sulfide) groups is 1. The van der Waals surface area contributed by atoms with Crippen LogP contribution in [0.3, 0.4) is 0 Å². The summed E-state index contributed by atoms with van der Waals surface area (Å²) in [7, 11) is 1.65. The van der Waals surface area contributed by atoms with Crippen LogP contribution < -0.4 is 15.0 Å². The number of hydrogen-bond donors (Lipinski definition) is 1. The van der Waals surface area contributed by atoms with Crippen LogP contribution in [0, 0.1) is 6.92 Å². The van der Waals surface area contributed by atoms with E-state index in [9.17, 15) is 4.79 Å². The minimum Gasteiger partial charge on any atom is -0.497 e. The Morgan fingerprint density at radius 3 is 2.61 bits per heavy atom. The molecule has 0 aliphatic carbocycles. The van der Waals surface area contributed by atoms with E-state index < -0.39 is 0 Å². The first-order valence-electron chi connectivity index (χ1n) is 10.9. The first-order valence-corrected chi connectivity index (χ1v) is 12.3. The van der Waals surface area contributed by atoms with E-state index in [-0.39, 0.29) is 12.3 Å². The van der Waals surface area contributed by atoms with Gasteiger partial charge in [0.1, 0.15) is 17.4 Å². The molecule has 3 aromatic rings. The zero-order chi connectivity index (χ0) is 23.4.